The molecule has 5 heteroatoms. The number of nitrogens with zero attached hydrogens (tertiary/aromatic N) is 3. The van der Waals surface area contributed by atoms with Crippen LogP contribution >= 0.6 is 0 Å². The van der Waals surface area contributed by atoms with E-state index in [-0.39, 0.29) is 5.82 Å². The quantitative estimate of drug-likeness (QED) is 0.795. The molecule has 0 unspecified atom stereocenters. The van der Waals surface area contributed by atoms with Gasteiger partial charge in [0.05, 0.1) is 12.2 Å². The van der Waals surface area contributed by atoms with Crippen LogP contribution in [-0.2, 0) is 6.54 Å². The summed E-state index contributed by atoms with van der Waals surface area (Å²) in [7, 11) is 0. The lowest BCUT2D eigenvalue weighted by atomic mass is 10.3. The highest BCUT2D eigenvalue weighted by molar-refractivity contribution is 5.43. The second-order valence-corrected chi connectivity index (χ2v) is 4.80. The maximum Gasteiger partial charge on any atom is 0.234 e. The van der Waals surface area contributed by atoms with E-state index in [1.54, 1.807) is 12.1 Å². The van der Waals surface area contributed by atoms with Gasteiger partial charge in [0.1, 0.15) is 5.82 Å². The summed E-state index contributed by atoms with van der Waals surface area (Å²) in [6.45, 7) is 4.56. The molecular weight excluding hydrogens is 255 g/mol. The van der Waals surface area contributed by atoms with E-state index >= 15 is 0 Å². The zero-order valence-corrected chi connectivity index (χ0v) is 11.4. The summed E-state index contributed by atoms with van der Waals surface area (Å²) in [5.74, 6) is 0.469. The van der Waals surface area contributed by atoms with Crippen LogP contribution in [0.25, 0.3) is 5.78 Å². The molecule has 0 aliphatic carbocycles. The third-order valence-corrected chi connectivity index (χ3v) is 3.13. The van der Waals surface area contributed by atoms with Crippen LogP contribution in [0, 0.1) is 19.7 Å². The van der Waals surface area contributed by atoms with E-state index in [1.807, 2.05) is 30.5 Å². The fraction of sp³-hybridized carbons (Fsp3) is 0.200. The number of aryl methyl sites for hydroxylation is 2. The molecule has 20 heavy (non-hydrogen) atoms. The number of imidazole rings is 1. The lowest BCUT2D eigenvalue weighted by molar-refractivity contribution is 0.628. The summed E-state index contributed by atoms with van der Waals surface area (Å²) >= 11 is 0. The lowest BCUT2D eigenvalue weighted by Gasteiger charge is -2.03. The Balaban J connectivity index is 1.81. The van der Waals surface area contributed by atoms with Crippen LogP contribution in [0.5, 0.6) is 0 Å². The molecule has 0 radical (unpaired) electrons. The summed E-state index contributed by atoms with van der Waals surface area (Å²) in [6.07, 6.45) is 1.97. The first-order valence-corrected chi connectivity index (χ1v) is 6.43. The Morgan fingerprint density at radius 2 is 1.90 bits per heavy atom. The molecule has 1 N–H and O–H groups in total. The molecule has 0 atom stereocenters. The lowest BCUT2D eigenvalue weighted by Crippen LogP contribution is -1.99. The Morgan fingerprint density at radius 3 is 2.65 bits per heavy atom. The average Bonchev–Trinajstić information content (AvgIpc) is 2.81. The first-order valence-electron chi connectivity index (χ1n) is 6.43. The zero-order chi connectivity index (χ0) is 14.1. The molecule has 4 nitrogen and oxygen atoms in total. The third kappa shape index (κ3) is 2.47. The third-order valence-electron chi connectivity index (χ3n) is 3.13. The number of hydrogen-bond acceptors (Lipinski definition) is 3. The van der Waals surface area contributed by atoms with Gasteiger partial charge in [0.2, 0.25) is 5.78 Å². The van der Waals surface area contributed by atoms with Gasteiger partial charge in [-0.25, -0.2) is 14.4 Å². The van der Waals surface area contributed by atoms with Crippen molar-refractivity contribution in [3.05, 3.63) is 59.4 Å². The number of anilines is 1. The van der Waals surface area contributed by atoms with E-state index in [4.69, 9.17) is 0 Å². The summed E-state index contributed by atoms with van der Waals surface area (Å²) < 4.78 is 14.8. The second-order valence-electron chi connectivity index (χ2n) is 4.80. The van der Waals surface area contributed by atoms with Crippen LogP contribution in [0.1, 0.15) is 17.1 Å². The minimum atomic E-state index is -0.237. The van der Waals surface area contributed by atoms with Gasteiger partial charge >= 0.3 is 0 Å². The SMILES string of the molecule is Cc1cc(C)n2cc(CNc3ccc(F)cc3)nc2n1. The maximum absolute atomic E-state index is 12.8. The van der Waals surface area contributed by atoms with Gasteiger partial charge in [-0.2, -0.15) is 0 Å². The van der Waals surface area contributed by atoms with Crippen molar-refractivity contribution in [2.24, 2.45) is 0 Å². The molecule has 0 bridgehead atoms. The molecule has 3 rings (SSSR count). The van der Waals surface area contributed by atoms with E-state index in [0.717, 1.165) is 22.8 Å². The average molecular weight is 270 g/mol. The highest BCUT2D eigenvalue weighted by Gasteiger charge is 2.05. The van der Waals surface area contributed by atoms with Crippen molar-refractivity contribution in [2.45, 2.75) is 20.4 Å². The molecule has 2 aromatic heterocycles. The number of benzene rings is 1. The van der Waals surface area contributed by atoms with Gasteiger partial charge in [0, 0.05) is 23.3 Å². The molecule has 102 valence electrons. The van der Waals surface area contributed by atoms with E-state index < -0.39 is 0 Å². The molecule has 3 aromatic rings. The van der Waals surface area contributed by atoms with Gasteiger partial charge in [0.15, 0.2) is 0 Å². The Hall–Kier alpha value is -2.43. The Kier molecular flexibility index (Phi) is 3.10. The van der Waals surface area contributed by atoms with Crippen LogP contribution in [0.15, 0.2) is 36.5 Å². The highest BCUT2D eigenvalue weighted by Crippen LogP contribution is 2.12. The van der Waals surface area contributed by atoms with Gasteiger partial charge in [-0.15, -0.1) is 0 Å². The zero-order valence-electron chi connectivity index (χ0n) is 11.4. The van der Waals surface area contributed by atoms with Gasteiger partial charge < -0.3 is 5.32 Å². The van der Waals surface area contributed by atoms with Crippen molar-refractivity contribution in [2.75, 3.05) is 5.32 Å². The summed E-state index contributed by atoms with van der Waals surface area (Å²) in [5.41, 5.74) is 3.83. The molecule has 0 aliphatic rings. The fourth-order valence-electron chi connectivity index (χ4n) is 2.16. The monoisotopic (exact) mass is 270 g/mol. The minimum Gasteiger partial charge on any atom is -0.379 e. The smallest absolute Gasteiger partial charge is 0.234 e. The summed E-state index contributed by atoms with van der Waals surface area (Å²) in [6, 6.07) is 8.30. The molecule has 0 saturated heterocycles. The van der Waals surface area contributed by atoms with Crippen LogP contribution in [0.2, 0.25) is 0 Å². The van der Waals surface area contributed by atoms with E-state index in [2.05, 4.69) is 15.3 Å². The number of fused-ring (bicyclic) bond motifs is 1. The van der Waals surface area contributed by atoms with E-state index in [9.17, 15) is 4.39 Å². The Labute approximate surface area is 116 Å². The molecule has 0 aliphatic heterocycles. The first kappa shape index (κ1) is 12.6. The molecular formula is C15H15FN4. The number of aromatic nitrogens is 3. The number of halogens is 1. The Morgan fingerprint density at radius 1 is 1.15 bits per heavy atom. The van der Waals surface area contributed by atoms with Crippen molar-refractivity contribution in [1.29, 1.82) is 0 Å². The number of rotatable bonds is 3. The summed E-state index contributed by atoms with van der Waals surface area (Å²) in [4.78, 5) is 8.88. The molecule has 0 spiro atoms. The van der Waals surface area contributed by atoms with E-state index in [0.29, 0.717) is 12.3 Å². The Bertz CT molecular complexity index is 746. The summed E-state index contributed by atoms with van der Waals surface area (Å²) in [5, 5.41) is 3.21. The predicted molar refractivity (Wildman–Crippen MR) is 76.2 cm³/mol. The van der Waals surface area contributed by atoms with Crippen LogP contribution < -0.4 is 5.32 Å². The van der Waals surface area contributed by atoms with Gasteiger partial charge in [0.25, 0.3) is 0 Å². The highest BCUT2D eigenvalue weighted by atomic mass is 19.1. The molecule has 1 aromatic carbocycles. The predicted octanol–water partition coefficient (Wildman–Crippen LogP) is 3.10. The molecule has 2 heterocycles. The number of hydrogen-bond donors (Lipinski definition) is 1. The first-order chi connectivity index (χ1) is 9.61. The molecule has 0 fully saturated rings. The van der Waals surface area contributed by atoms with Gasteiger partial charge in [-0.05, 0) is 44.2 Å². The normalized spacial score (nSPS) is 10.9. The van der Waals surface area contributed by atoms with Crippen LogP contribution in [-0.4, -0.2) is 14.4 Å². The topological polar surface area (TPSA) is 42.2 Å². The largest absolute Gasteiger partial charge is 0.379 e. The second kappa shape index (κ2) is 4.92. The van der Waals surface area contributed by atoms with Crippen molar-refractivity contribution in [1.82, 2.24) is 14.4 Å². The fourth-order valence-corrected chi connectivity index (χ4v) is 2.16. The molecule has 0 amide bonds. The molecule has 0 saturated carbocycles. The van der Waals surface area contributed by atoms with Gasteiger partial charge in [-0.3, -0.25) is 4.40 Å². The van der Waals surface area contributed by atoms with Crippen molar-refractivity contribution < 1.29 is 4.39 Å². The van der Waals surface area contributed by atoms with Crippen LogP contribution in [0.3, 0.4) is 0 Å². The van der Waals surface area contributed by atoms with Gasteiger partial charge in [-0.1, -0.05) is 0 Å². The van der Waals surface area contributed by atoms with Crippen molar-refractivity contribution in [3.8, 4) is 0 Å². The van der Waals surface area contributed by atoms with E-state index in [1.165, 1.54) is 12.1 Å². The number of nitrogens with one attached hydrogen (secondary N) is 1. The standard InChI is InChI=1S/C15H15FN4/c1-10-7-11(2)20-9-14(19-15(20)18-10)8-17-13-5-3-12(16)4-6-13/h3-7,9,17H,8H2,1-2H3. The maximum atomic E-state index is 12.8. The van der Waals surface area contributed by atoms with Crippen molar-refractivity contribution >= 4 is 11.5 Å². The minimum absolute atomic E-state index is 0.237. The van der Waals surface area contributed by atoms with Crippen LogP contribution in [0.4, 0.5) is 10.1 Å². The van der Waals surface area contributed by atoms with Crippen molar-refractivity contribution in [3.63, 3.8) is 0 Å².